The molecular weight excluding hydrogens is 184 g/mol. The molecule has 0 aliphatic rings. The van der Waals surface area contributed by atoms with E-state index in [2.05, 4.69) is 0 Å². The van der Waals surface area contributed by atoms with E-state index in [1.165, 1.54) is 0 Å². The smallest absolute Gasteiger partial charge is 0.308 e. The predicted molar refractivity (Wildman–Crippen MR) is 51.5 cm³/mol. The molecule has 4 heteroatoms. The summed E-state index contributed by atoms with van der Waals surface area (Å²) in [5, 5.41) is 0. The van der Waals surface area contributed by atoms with Crippen molar-refractivity contribution in [1.82, 2.24) is 0 Å². The van der Waals surface area contributed by atoms with Crippen molar-refractivity contribution in [2.24, 2.45) is 0 Å². The Bertz CT molecular complexity index is 169. The molecule has 0 saturated heterocycles. The van der Waals surface area contributed by atoms with Crippen LogP contribution in [0.2, 0.25) is 0 Å². The maximum atomic E-state index is 11.0. The van der Waals surface area contributed by atoms with Crippen LogP contribution in [0.15, 0.2) is 0 Å². The molecule has 4 nitrogen and oxygen atoms in total. The molecule has 0 fully saturated rings. The van der Waals surface area contributed by atoms with Gasteiger partial charge in [-0.15, -0.1) is 0 Å². The number of carbonyl (C=O) groups is 2. The van der Waals surface area contributed by atoms with Gasteiger partial charge in [-0.3, -0.25) is 9.59 Å². The molecule has 0 spiro atoms. The number of hydrogen-bond donors (Lipinski definition) is 0. The standard InChI is InChI=1S/C10H18O4/c1-4-6-9(11)13-8(3)14-10(12)7-5-2/h8H,4-7H2,1-3H3. The molecule has 14 heavy (non-hydrogen) atoms. The molecule has 0 aromatic carbocycles. The Morgan fingerprint density at radius 1 is 1.00 bits per heavy atom. The highest BCUT2D eigenvalue weighted by Crippen LogP contribution is 2.01. The summed E-state index contributed by atoms with van der Waals surface area (Å²) in [6, 6.07) is 0. The lowest BCUT2D eigenvalue weighted by atomic mass is 10.3. The van der Waals surface area contributed by atoms with Crippen molar-refractivity contribution < 1.29 is 19.1 Å². The normalized spacial score (nSPS) is 10.0. The number of esters is 2. The van der Waals surface area contributed by atoms with Crippen molar-refractivity contribution >= 4 is 11.9 Å². The van der Waals surface area contributed by atoms with Gasteiger partial charge >= 0.3 is 11.9 Å². The molecule has 0 amide bonds. The van der Waals surface area contributed by atoms with Crippen molar-refractivity contribution in [3.8, 4) is 0 Å². The fourth-order valence-corrected chi connectivity index (χ4v) is 0.920. The SMILES string of the molecule is CCCC(=O)OC(C)OC(=O)CCC. The molecule has 0 aromatic heterocycles. The van der Waals surface area contributed by atoms with E-state index < -0.39 is 6.29 Å². The van der Waals surface area contributed by atoms with Crippen LogP contribution in [0.1, 0.15) is 46.5 Å². The third-order valence-electron chi connectivity index (χ3n) is 1.50. The van der Waals surface area contributed by atoms with Gasteiger partial charge in [0.05, 0.1) is 0 Å². The van der Waals surface area contributed by atoms with E-state index in [0.717, 1.165) is 12.8 Å². The van der Waals surface area contributed by atoms with Crippen LogP contribution in [0.4, 0.5) is 0 Å². The summed E-state index contributed by atoms with van der Waals surface area (Å²) in [5.41, 5.74) is 0. The molecule has 0 bridgehead atoms. The zero-order chi connectivity index (χ0) is 11.0. The summed E-state index contributed by atoms with van der Waals surface area (Å²) in [7, 11) is 0. The van der Waals surface area contributed by atoms with E-state index in [4.69, 9.17) is 9.47 Å². The fraction of sp³-hybridized carbons (Fsp3) is 0.800. The minimum Gasteiger partial charge on any atom is -0.425 e. The Hall–Kier alpha value is -1.06. The van der Waals surface area contributed by atoms with Crippen LogP contribution in [0, 0.1) is 0 Å². The zero-order valence-corrected chi connectivity index (χ0v) is 9.04. The number of carbonyl (C=O) groups excluding carboxylic acids is 2. The summed E-state index contributed by atoms with van der Waals surface area (Å²) >= 11 is 0. The van der Waals surface area contributed by atoms with Crippen LogP contribution in [-0.4, -0.2) is 18.2 Å². The molecule has 0 rings (SSSR count). The van der Waals surface area contributed by atoms with Crippen molar-refractivity contribution in [3.63, 3.8) is 0 Å². The van der Waals surface area contributed by atoms with Gasteiger partial charge in [-0.2, -0.15) is 0 Å². The van der Waals surface area contributed by atoms with E-state index in [9.17, 15) is 9.59 Å². The maximum Gasteiger partial charge on any atom is 0.308 e. The lowest BCUT2D eigenvalue weighted by Gasteiger charge is -2.13. The minimum atomic E-state index is -0.770. The highest BCUT2D eigenvalue weighted by molar-refractivity contribution is 5.71. The largest absolute Gasteiger partial charge is 0.425 e. The van der Waals surface area contributed by atoms with E-state index in [1.807, 2.05) is 13.8 Å². The molecule has 0 heterocycles. The monoisotopic (exact) mass is 202 g/mol. The number of rotatable bonds is 6. The van der Waals surface area contributed by atoms with E-state index in [1.54, 1.807) is 6.92 Å². The van der Waals surface area contributed by atoms with Crippen LogP contribution in [0.3, 0.4) is 0 Å². The maximum absolute atomic E-state index is 11.0. The molecule has 0 saturated carbocycles. The highest BCUT2D eigenvalue weighted by atomic mass is 16.7. The third kappa shape index (κ3) is 6.46. The lowest BCUT2D eigenvalue weighted by Crippen LogP contribution is -2.21. The van der Waals surface area contributed by atoms with E-state index in [0.29, 0.717) is 12.8 Å². The Kier molecular flexibility index (Phi) is 6.80. The second-order valence-corrected chi connectivity index (χ2v) is 3.05. The summed E-state index contributed by atoms with van der Waals surface area (Å²) in [6.07, 6.45) is 1.40. The Morgan fingerprint density at radius 2 is 1.36 bits per heavy atom. The first-order valence-electron chi connectivity index (χ1n) is 4.99. The lowest BCUT2D eigenvalue weighted by molar-refractivity contribution is -0.184. The van der Waals surface area contributed by atoms with Crippen molar-refractivity contribution in [2.45, 2.75) is 52.7 Å². The Balaban J connectivity index is 3.68. The molecule has 0 unspecified atom stereocenters. The van der Waals surface area contributed by atoms with Crippen molar-refractivity contribution in [2.75, 3.05) is 0 Å². The average molecular weight is 202 g/mol. The third-order valence-corrected chi connectivity index (χ3v) is 1.50. The first-order valence-corrected chi connectivity index (χ1v) is 4.99. The second kappa shape index (κ2) is 7.35. The first kappa shape index (κ1) is 12.9. The second-order valence-electron chi connectivity index (χ2n) is 3.05. The molecule has 0 atom stereocenters. The zero-order valence-electron chi connectivity index (χ0n) is 9.04. The van der Waals surface area contributed by atoms with Crippen LogP contribution in [0.25, 0.3) is 0 Å². The van der Waals surface area contributed by atoms with Crippen LogP contribution in [0.5, 0.6) is 0 Å². The highest BCUT2D eigenvalue weighted by Gasteiger charge is 2.12. The number of hydrogen-bond acceptors (Lipinski definition) is 4. The molecule has 0 N–H and O–H groups in total. The van der Waals surface area contributed by atoms with Crippen LogP contribution >= 0.6 is 0 Å². The molecular formula is C10H18O4. The fourth-order valence-electron chi connectivity index (χ4n) is 0.920. The summed E-state index contributed by atoms with van der Waals surface area (Å²) < 4.78 is 9.65. The average Bonchev–Trinajstić information content (AvgIpc) is 2.03. The van der Waals surface area contributed by atoms with Gasteiger partial charge in [0.15, 0.2) is 0 Å². The van der Waals surface area contributed by atoms with Crippen LogP contribution in [-0.2, 0) is 19.1 Å². The van der Waals surface area contributed by atoms with E-state index >= 15 is 0 Å². The van der Waals surface area contributed by atoms with Crippen molar-refractivity contribution in [1.29, 1.82) is 0 Å². The molecule has 0 aliphatic carbocycles. The van der Waals surface area contributed by atoms with Gasteiger partial charge in [0.1, 0.15) is 0 Å². The van der Waals surface area contributed by atoms with Gasteiger partial charge in [0.2, 0.25) is 6.29 Å². The molecule has 0 radical (unpaired) electrons. The quantitative estimate of drug-likeness (QED) is 0.488. The van der Waals surface area contributed by atoms with Gasteiger partial charge in [-0.1, -0.05) is 13.8 Å². The first-order chi connectivity index (χ1) is 6.60. The van der Waals surface area contributed by atoms with Crippen LogP contribution < -0.4 is 0 Å². The summed E-state index contributed by atoms with van der Waals surface area (Å²) in [4.78, 5) is 22.0. The minimum absolute atomic E-state index is 0.329. The Morgan fingerprint density at radius 3 is 1.64 bits per heavy atom. The summed E-state index contributed by atoms with van der Waals surface area (Å²) in [5.74, 6) is -0.659. The van der Waals surface area contributed by atoms with Gasteiger partial charge in [-0.05, 0) is 12.8 Å². The molecule has 0 aromatic rings. The summed E-state index contributed by atoms with van der Waals surface area (Å²) in [6.45, 7) is 5.31. The van der Waals surface area contributed by atoms with Crippen molar-refractivity contribution in [3.05, 3.63) is 0 Å². The number of ether oxygens (including phenoxy) is 2. The topological polar surface area (TPSA) is 52.6 Å². The molecule has 82 valence electrons. The van der Waals surface area contributed by atoms with Gasteiger partial charge in [-0.25, -0.2) is 0 Å². The van der Waals surface area contributed by atoms with E-state index in [-0.39, 0.29) is 11.9 Å². The van der Waals surface area contributed by atoms with Gasteiger partial charge in [0.25, 0.3) is 0 Å². The van der Waals surface area contributed by atoms with Gasteiger partial charge in [0, 0.05) is 19.8 Å². The Labute approximate surface area is 84.6 Å². The van der Waals surface area contributed by atoms with Gasteiger partial charge < -0.3 is 9.47 Å². The predicted octanol–water partition coefficient (Wildman–Crippen LogP) is 2.02. The molecule has 0 aliphatic heterocycles.